The lowest BCUT2D eigenvalue weighted by atomic mass is 9.95. The molecule has 0 spiro atoms. The van der Waals surface area contributed by atoms with Gasteiger partial charge in [-0.25, -0.2) is 8.42 Å². The summed E-state index contributed by atoms with van der Waals surface area (Å²) >= 11 is 6.23. The van der Waals surface area contributed by atoms with Crippen molar-refractivity contribution in [1.29, 1.82) is 0 Å². The van der Waals surface area contributed by atoms with Gasteiger partial charge in [-0.1, -0.05) is 18.0 Å². The normalized spacial score (nSPS) is 23.0. The summed E-state index contributed by atoms with van der Waals surface area (Å²) in [5, 5.41) is 3.38. The van der Waals surface area contributed by atoms with Gasteiger partial charge in [0.15, 0.2) is 0 Å². The second-order valence-corrected chi connectivity index (χ2v) is 9.82. The van der Waals surface area contributed by atoms with Crippen LogP contribution in [0.5, 0.6) is 5.75 Å². The van der Waals surface area contributed by atoms with E-state index < -0.39 is 10.0 Å². The smallest absolute Gasteiger partial charge is 0.261 e. The van der Waals surface area contributed by atoms with E-state index in [0.717, 1.165) is 12.8 Å². The Balaban J connectivity index is 1.50. The summed E-state index contributed by atoms with van der Waals surface area (Å²) in [4.78, 5) is 12.9. The number of sulfonamides is 1. The lowest BCUT2D eigenvalue weighted by Crippen LogP contribution is -2.38. The molecule has 2 aromatic rings. The Hall–Kier alpha value is -2.25. The number of benzene rings is 2. The molecule has 2 aromatic carbocycles. The number of rotatable bonds is 6. The van der Waals surface area contributed by atoms with Crippen molar-refractivity contribution in [3.63, 3.8) is 0 Å². The molecule has 4 rings (SSSR count). The number of fused-ring (bicyclic) bond motifs is 2. The molecule has 2 saturated carbocycles. The van der Waals surface area contributed by atoms with E-state index in [0.29, 0.717) is 17.6 Å². The first-order chi connectivity index (χ1) is 13.9. The molecule has 154 valence electrons. The predicted molar refractivity (Wildman–Crippen MR) is 112 cm³/mol. The number of anilines is 1. The third kappa shape index (κ3) is 4.21. The molecule has 2 N–H and O–H groups in total. The highest BCUT2D eigenvalue weighted by atomic mass is 35.5. The van der Waals surface area contributed by atoms with Crippen molar-refractivity contribution < 1.29 is 17.9 Å². The molecule has 0 unspecified atom stereocenters. The molecule has 8 heteroatoms. The fourth-order valence-electron chi connectivity index (χ4n) is 4.40. The van der Waals surface area contributed by atoms with Crippen LogP contribution in [0.25, 0.3) is 0 Å². The topological polar surface area (TPSA) is 84.5 Å². The number of nitrogens with one attached hydrogen (secondary N) is 2. The molecule has 29 heavy (non-hydrogen) atoms. The molecular formula is C21H23ClN2O4S. The van der Waals surface area contributed by atoms with Crippen molar-refractivity contribution in [3.8, 4) is 5.75 Å². The number of halogens is 1. The summed E-state index contributed by atoms with van der Waals surface area (Å²) in [6, 6.07) is 10.8. The van der Waals surface area contributed by atoms with Crippen LogP contribution in [-0.2, 0) is 10.0 Å². The monoisotopic (exact) mass is 434 g/mol. The highest BCUT2D eigenvalue weighted by Crippen LogP contribution is 2.44. The van der Waals surface area contributed by atoms with Crippen LogP contribution in [0.4, 0.5) is 5.69 Å². The van der Waals surface area contributed by atoms with Gasteiger partial charge < -0.3 is 10.1 Å². The summed E-state index contributed by atoms with van der Waals surface area (Å²) < 4.78 is 32.9. The Labute approximate surface area is 175 Å². The summed E-state index contributed by atoms with van der Waals surface area (Å²) in [5.74, 6) is 1.55. The Morgan fingerprint density at radius 2 is 1.86 bits per heavy atom. The summed E-state index contributed by atoms with van der Waals surface area (Å²) in [5.41, 5.74) is 0.549. The molecule has 2 aliphatic carbocycles. The van der Waals surface area contributed by atoms with E-state index in [1.807, 2.05) is 0 Å². The zero-order valence-electron chi connectivity index (χ0n) is 16.0. The van der Waals surface area contributed by atoms with E-state index in [-0.39, 0.29) is 33.1 Å². The molecule has 2 aliphatic rings. The lowest BCUT2D eigenvalue weighted by Gasteiger charge is -2.23. The van der Waals surface area contributed by atoms with Crippen molar-refractivity contribution in [2.24, 2.45) is 11.8 Å². The van der Waals surface area contributed by atoms with Gasteiger partial charge in [0.1, 0.15) is 5.75 Å². The van der Waals surface area contributed by atoms with E-state index >= 15 is 0 Å². The van der Waals surface area contributed by atoms with E-state index in [1.165, 1.54) is 50.3 Å². The van der Waals surface area contributed by atoms with Crippen LogP contribution in [-0.4, -0.2) is 27.5 Å². The van der Waals surface area contributed by atoms with Gasteiger partial charge in [-0.2, -0.15) is 0 Å². The van der Waals surface area contributed by atoms with Crippen molar-refractivity contribution in [2.45, 2.75) is 36.6 Å². The average molecular weight is 435 g/mol. The minimum absolute atomic E-state index is 0.0984. The molecule has 1 amide bonds. The average Bonchev–Trinajstić information content (AvgIpc) is 3.32. The fourth-order valence-corrected chi connectivity index (χ4v) is 5.65. The highest BCUT2D eigenvalue weighted by Gasteiger charge is 2.40. The number of ether oxygens (including phenoxy) is 1. The second-order valence-electron chi connectivity index (χ2n) is 7.73. The third-order valence-electron chi connectivity index (χ3n) is 5.89. The van der Waals surface area contributed by atoms with Crippen LogP contribution in [0.2, 0.25) is 5.02 Å². The molecular weight excluding hydrogens is 412 g/mol. The Bertz CT molecular complexity index is 1020. The first-order valence-electron chi connectivity index (χ1n) is 9.63. The molecule has 3 atom stereocenters. The van der Waals surface area contributed by atoms with Crippen molar-refractivity contribution in [2.75, 3.05) is 11.8 Å². The minimum atomic E-state index is -3.80. The van der Waals surface area contributed by atoms with Gasteiger partial charge >= 0.3 is 0 Å². The maximum absolute atomic E-state index is 12.8. The van der Waals surface area contributed by atoms with Crippen LogP contribution >= 0.6 is 11.6 Å². The van der Waals surface area contributed by atoms with Gasteiger partial charge in [0, 0.05) is 11.7 Å². The van der Waals surface area contributed by atoms with Gasteiger partial charge in [-0.15, -0.1) is 0 Å². The van der Waals surface area contributed by atoms with Crippen LogP contribution in [0, 0.1) is 11.8 Å². The molecule has 2 fully saturated rings. The number of carbonyl (C=O) groups is 1. The molecule has 0 aromatic heterocycles. The standard InChI is InChI=1S/C21H23ClN2O4S/c1-28-16-5-7-17(8-6-16)29(26,27)24-15-4-9-19(22)18(12-15)21(25)23-20-11-13-2-3-14(20)10-13/h4-9,12-14,20,24H,2-3,10-11H2,1H3,(H,23,25)/t13-,14+,20+/m0/s1. The van der Waals surface area contributed by atoms with Gasteiger partial charge in [-0.05, 0) is 73.6 Å². The van der Waals surface area contributed by atoms with Crippen LogP contribution in [0.15, 0.2) is 47.4 Å². The van der Waals surface area contributed by atoms with Crippen LogP contribution in [0.3, 0.4) is 0 Å². The number of carbonyl (C=O) groups excluding carboxylic acids is 1. The first-order valence-corrected chi connectivity index (χ1v) is 11.5. The zero-order valence-corrected chi connectivity index (χ0v) is 17.6. The number of hydrogen-bond acceptors (Lipinski definition) is 4. The molecule has 0 radical (unpaired) electrons. The quantitative estimate of drug-likeness (QED) is 0.717. The van der Waals surface area contributed by atoms with Crippen LogP contribution in [0.1, 0.15) is 36.0 Å². The third-order valence-corrected chi connectivity index (χ3v) is 7.61. The van der Waals surface area contributed by atoms with Gasteiger partial charge in [0.05, 0.1) is 22.6 Å². The molecule has 0 aliphatic heterocycles. The highest BCUT2D eigenvalue weighted by molar-refractivity contribution is 7.92. The number of amides is 1. The van der Waals surface area contributed by atoms with Gasteiger partial charge in [0.25, 0.3) is 15.9 Å². The first kappa shape index (κ1) is 20.0. The van der Waals surface area contributed by atoms with E-state index in [9.17, 15) is 13.2 Å². The SMILES string of the molecule is COc1ccc(S(=O)(=O)Nc2ccc(Cl)c(C(=O)N[C@@H]3C[C@H]4CC[C@@H]3C4)c2)cc1. The van der Waals surface area contributed by atoms with Crippen molar-refractivity contribution in [3.05, 3.63) is 53.1 Å². The lowest BCUT2D eigenvalue weighted by molar-refractivity contribution is 0.0923. The van der Waals surface area contributed by atoms with E-state index in [4.69, 9.17) is 16.3 Å². The van der Waals surface area contributed by atoms with Crippen LogP contribution < -0.4 is 14.8 Å². The Morgan fingerprint density at radius 3 is 2.48 bits per heavy atom. The number of methoxy groups -OCH3 is 1. The van der Waals surface area contributed by atoms with E-state index in [2.05, 4.69) is 10.0 Å². The molecule has 0 saturated heterocycles. The van der Waals surface area contributed by atoms with E-state index in [1.54, 1.807) is 12.1 Å². The largest absolute Gasteiger partial charge is 0.497 e. The zero-order chi connectivity index (χ0) is 20.6. The van der Waals surface area contributed by atoms with Gasteiger partial charge in [-0.3, -0.25) is 9.52 Å². The van der Waals surface area contributed by atoms with Crippen molar-refractivity contribution >= 4 is 33.2 Å². The summed E-state index contributed by atoms with van der Waals surface area (Å²) in [7, 11) is -2.29. The maximum Gasteiger partial charge on any atom is 0.261 e. The summed E-state index contributed by atoms with van der Waals surface area (Å²) in [6.07, 6.45) is 4.60. The molecule has 0 heterocycles. The Kier molecular flexibility index (Phi) is 5.44. The second kappa shape index (κ2) is 7.88. The minimum Gasteiger partial charge on any atom is -0.497 e. The fraction of sp³-hybridized carbons (Fsp3) is 0.381. The summed E-state index contributed by atoms with van der Waals surface area (Å²) in [6.45, 7) is 0. The number of hydrogen-bond donors (Lipinski definition) is 2. The Morgan fingerprint density at radius 1 is 1.10 bits per heavy atom. The predicted octanol–water partition coefficient (Wildman–Crippen LogP) is 4.07. The van der Waals surface area contributed by atoms with Crippen molar-refractivity contribution in [1.82, 2.24) is 5.32 Å². The molecule has 2 bridgehead atoms. The van der Waals surface area contributed by atoms with Gasteiger partial charge in [0.2, 0.25) is 0 Å². The maximum atomic E-state index is 12.8. The molecule has 6 nitrogen and oxygen atoms in total.